The van der Waals surface area contributed by atoms with Crippen molar-refractivity contribution < 1.29 is 9.13 Å². The van der Waals surface area contributed by atoms with E-state index >= 15 is 0 Å². The number of nitrogens with one attached hydrogen (secondary N) is 2. The lowest BCUT2D eigenvalue weighted by Crippen LogP contribution is -2.04. The lowest BCUT2D eigenvalue weighted by atomic mass is 10.3. The summed E-state index contributed by atoms with van der Waals surface area (Å²) in [7, 11) is 0.505. The van der Waals surface area contributed by atoms with Crippen molar-refractivity contribution in [1.82, 2.24) is 9.97 Å². The Bertz CT molecular complexity index is 690. The molecule has 1 aromatic carbocycles. The molecule has 1 atom stereocenters. The van der Waals surface area contributed by atoms with Crippen molar-refractivity contribution in [3.8, 4) is 0 Å². The highest BCUT2D eigenvalue weighted by atomic mass is 32.2. The van der Waals surface area contributed by atoms with Crippen LogP contribution in [0, 0.1) is 10.1 Å². The number of nitro groups is 1. The Morgan fingerprint density at radius 1 is 1.29 bits per heavy atom. The minimum absolute atomic E-state index is 0.129. The number of benzene rings is 1. The van der Waals surface area contributed by atoms with Crippen LogP contribution in [-0.2, 0) is 10.8 Å². The lowest BCUT2D eigenvalue weighted by Gasteiger charge is -2.07. The Morgan fingerprint density at radius 3 is 2.48 bits per heavy atom. The van der Waals surface area contributed by atoms with Gasteiger partial charge in [0.2, 0.25) is 11.8 Å². The lowest BCUT2D eigenvalue weighted by molar-refractivity contribution is -0.384. The number of hydrogen-bond acceptors (Lipinski definition) is 7. The van der Waals surface area contributed by atoms with E-state index in [1.54, 1.807) is 37.6 Å². The molecule has 0 aliphatic rings. The second kappa shape index (κ2) is 6.27. The predicted molar refractivity (Wildman–Crippen MR) is 80.3 cm³/mol. The molecule has 2 rings (SSSR count). The van der Waals surface area contributed by atoms with Crippen LogP contribution >= 0.6 is 0 Å². The van der Waals surface area contributed by atoms with Crippen LogP contribution in [-0.4, -0.2) is 32.4 Å². The van der Waals surface area contributed by atoms with Gasteiger partial charge in [-0.25, -0.2) is 4.98 Å². The molecular weight excluding hydrogens is 294 g/mol. The van der Waals surface area contributed by atoms with Crippen LogP contribution in [0.15, 0.2) is 35.4 Å². The van der Waals surface area contributed by atoms with E-state index in [1.165, 1.54) is 0 Å². The van der Waals surface area contributed by atoms with Crippen LogP contribution in [0.5, 0.6) is 0 Å². The molecule has 1 aromatic heterocycles. The fraction of sp³-hybridized carbons (Fsp3) is 0.167. The summed E-state index contributed by atoms with van der Waals surface area (Å²) >= 11 is 0. The van der Waals surface area contributed by atoms with Crippen molar-refractivity contribution in [2.24, 2.45) is 0 Å². The molecule has 1 unspecified atom stereocenters. The highest BCUT2D eigenvalue weighted by Gasteiger charge is 2.15. The van der Waals surface area contributed by atoms with Crippen molar-refractivity contribution in [1.29, 1.82) is 0 Å². The van der Waals surface area contributed by atoms with Crippen LogP contribution in [0.4, 0.5) is 23.1 Å². The van der Waals surface area contributed by atoms with E-state index in [9.17, 15) is 14.3 Å². The van der Waals surface area contributed by atoms with E-state index in [0.717, 1.165) is 6.20 Å². The maximum Gasteiger partial charge on any atom is 0.329 e. The van der Waals surface area contributed by atoms with Crippen LogP contribution in [0.25, 0.3) is 0 Å². The minimum Gasteiger partial charge on any atom is -0.367 e. The van der Waals surface area contributed by atoms with Crippen LogP contribution in [0.2, 0.25) is 0 Å². The molecule has 0 amide bonds. The Kier molecular flexibility index (Phi) is 4.43. The molecule has 0 aliphatic carbocycles. The average molecular weight is 307 g/mol. The van der Waals surface area contributed by atoms with E-state index in [4.69, 9.17) is 0 Å². The second-order valence-corrected chi connectivity index (χ2v) is 5.42. The molecule has 1 heterocycles. The molecule has 8 nitrogen and oxygen atoms in total. The molecule has 0 saturated carbocycles. The third kappa shape index (κ3) is 3.51. The first-order chi connectivity index (χ1) is 10.0. The van der Waals surface area contributed by atoms with Crippen LogP contribution in [0.1, 0.15) is 0 Å². The molecule has 9 heteroatoms. The topological polar surface area (TPSA) is 110 Å². The minimum atomic E-state index is -1.04. The average Bonchev–Trinajstić information content (AvgIpc) is 2.47. The Labute approximate surface area is 123 Å². The van der Waals surface area contributed by atoms with Gasteiger partial charge in [-0.1, -0.05) is 0 Å². The number of anilines is 3. The van der Waals surface area contributed by atoms with Gasteiger partial charge in [-0.15, -0.1) is 0 Å². The van der Waals surface area contributed by atoms with Crippen molar-refractivity contribution in [2.75, 3.05) is 23.9 Å². The third-order valence-electron chi connectivity index (χ3n) is 2.65. The number of rotatable bonds is 5. The molecule has 2 aromatic rings. The smallest absolute Gasteiger partial charge is 0.329 e. The van der Waals surface area contributed by atoms with Gasteiger partial charge in [0.1, 0.15) is 6.20 Å². The molecule has 2 N–H and O–H groups in total. The molecule has 0 radical (unpaired) electrons. The highest BCUT2D eigenvalue weighted by Crippen LogP contribution is 2.23. The SMILES string of the molecule is CNc1nc(Nc2ccc(S(C)=O)cc2)ncc1[N+](=O)[O-]. The molecule has 0 fully saturated rings. The van der Waals surface area contributed by atoms with E-state index in [-0.39, 0.29) is 17.5 Å². The number of nitrogens with zero attached hydrogens (tertiary/aromatic N) is 3. The second-order valence-electron chi connectivity index (χ2n) is 4.04. The molecular formula is C12H13N5O3S. The van der Waals surface area contributed by atoms with E-state index < -0.39 is 15.7 Å². The zero-order chi connectivity index (χ0) is 15.4. The predicted octanol–water partition coefficient (Wildman–Crippen LogP) is 1.91. The van der Waals surface area contributed by atoms with Gasteiger partial charge in [0.15, 0.2) is 0 Å². The first-order valence-corrected chi connectivity index (χ1v) is 7.46. The summed E-state index contributed by atoms with van der Waals surface area (Å²) in [4.78, 5) is 18.9. The van der Waals surface area contributed by atoms with Gasteiger partial charge in [-0.2, -0.15) is 4.98 Å². The van der Waals surface area contributed by atoms with Crippen molar-refractivity contribution in [2.45, 2.75) is 4.90 Å². The quantitative estimate of drug-likeness (QED) is 0.641. The van der Waals surface area contributed by atoms with Crippen LogP contribution in [0.3, 0.4) is 0 Å². The molecule has 21 heavy (non-hydrogen) atoms. The molecule has 110 valence electrons. The Balaban J connectivity index is 2.23. The van der Waals surface area contributed by atoms with Gasteiger partial charge in [0, 0.05) is 34.7 Å². The zero-order valence-corrected chi connectivity index (χ0v) is 12.2. The largest absolute Gasteiger partial charge is 0.367 e. The van der Waals surface area contributed by atoms with Crippen molar-refractivity contribution >= 4 is 33.9 Å². The van der Waals surface area contributed by atoms with Crippen molar-refractivity contribution in [3.05, 3.63) is 40.6 Å². The maximum atomic E-state index is 11.3. The standard InChI is InChI=1S/C12H13N5O3S/c1-13-11-10(17(18)19)7-14-12(16-11)15-8-3-5-9(6-4-8)21(2)20/h3-7H,1-2H3,(H2,13,14,15,16). The maximum absolute atomic E-state index is 11.3. The molecule has 0 spiro atoms. The van der Waals surface area contributed by atoms with Gasteiger partial charge in [-0.05, 0) is 24.3 Å². The highest BCUT2D eigenvalue weighted by molar-refractivity contribution is 7.84. The third-order valence-corrected chi connectivity index (χ3v) is 3.58. The van der Waals surface area contributed by atoms with Gasteiger partial charge < -0.3 is 10.6 Å². The van der Waals surface area contributed by atoms with Gasteiger partial charge in [-0.3, -0.25) is 14.3 Å². The number of hydrogen-bond donors (Lipinski definition) is 2. The fourth-order valence-corrected chi connectivity index (χ4v) is 2.13. The van der Waals surface area contributed by atoms with Crippen molar-refractivity contribution in [3.63, 3.8) is 0 Å². The van der Waals surface area contributed by atoms with Gasteiger partial charge in [0.05, 0.1) is 4.92 Å². The number of aromatic nitrogens is 2. The summed E-state index contributed by atoms with van der Waals surface area (Å²) in [5.74, 6) is 0.360. The summed E-state index contributed by atoms with van der Waals surface area (Å²) in [5, 5.41) is 16.4. The summed E-state index contributed by atoms with van der Waals surface area (Å²) in [6.07, 6.45) is 2.73. The summed E-state index contributed by atoms with van der Waals surface area (Å²) < 4.78 is 11.3. The monoisotopic (exact) mass is 307 g/mol. The summed E-state index contributed by atoms with van der Waals surface area (Å²) in [6.45, 7) is 0. The van der Waals surface area contributed by atoms with E-state index in [0.29, 0.717) is 10.6 Å². The fourth-order valence-electron chi connectivity index (χ4n) is 1.61. The molecule has 0 aliphatic heterocycles. The van der Waals surface area contributed by atoms with E-state index in [2.05, 4.69) is 20.6 Å². The zero-order valence-electron chi connectivity index (χ0n) is 11.4. The van der Waals surface area contributed by atoms with Gasteiger partial charge in [0.25, 0.3) is 0 Å². The Hall–Kier alpha value is -2.55. The summed E-state index contributed by atoms with van der Waals surface area (Å²) in [5.41, 5.74) is 0.500. The van der Waals surface area contributed by atoms with Crippen LogP contribution < -0.4 is 10.6 Å². The van der Waals surface area contributed by atoms with E-state index in [1.807, 2.05) is 0 Å². The summed E-state index contributed by atoms with van der Waals surface area (Å²) in [6, 6.07) is 6.92. The first-order valence-electron chi connectivity index (χ1n) is 5.91. The van der Waals surface area contributed by atoms with Gasteiger partial charge >= 0.3 is 5.69 Å². The normalized spacial score (nSPS) is 11.7. The first kappa shape index (κ1) is 14.9. The molecule has 0 saturated heterocycles. The molecule has 0 bridgehead atoms. The Morgan fingerprint density at radius 2 is 1.95 bits per heavy atom.